The number of hydrogen-bond donors (Lipinski definition) is 0. The normalized spacial score (nSPS) is 22.5. The smallest absolute Gasteiger partial charge is 0.247 e. The van der Waals surface area contributed by atoms with Crippen molar-refractivity contribution in [2.45, 2.75) is 20.3 Å². The fourth-order valence-corrected chi connectivity index (χ4v) is 2.01. The first-order chi connectivity index (χ1) is 6.94. The van der Waals surface area contributed by atoms with E-state index in [1.54, 1.807) is 11.8 Å². The van der Waals surface area contributed by atoms with Crippen molar-refractivity contribution in [1.82, 2.24) is 4.90 Å². The monoisotopic (exact) mass is 231 g/mol. The topological polar surface area (TPSA) is 54.5 Å². The van der Waals surface area contributed by atoms with E-state index in [-0.39, 0.29) is 11.7 Å². The average Bonchev–Trinajstić information content (AvgIpc) is 2.61. The summed E-state index contributed by atoms with van der Waals surface area (Å²) < 4.78 is 22.3. The van der Waals surface area contributed by atoms with Crippen molar-refractivity contribution in [1.29, 1.82) is 0 Å². The summed E-state index contributed by atoms with van der Waals surface area (Å²) >= 11 is 0. The maximum absolute atomic E-state index is 11.5. The molecule has 1 saturated heterocycles. The van der Waals surface area contributed by atoms with Crippen molar-refractivity contribution in [2.75, 3.05) is 18.8 Å². The highest BCUT2D eigenvalue weighted by molar-refractivity contribution is 7.94. The second kappa shape index (κ2) is 4.79. The van der Waals surface area contributed by atoms with Crippen molar-refractivity contribution in [3.63, 3.8) is 0 Å². The van der Waals surface area contributed by atoms with Crippen LogP contribution in [0.3, 0.4) is 0 Å². The molecule has 5 heteroatoms. The van der Waals surface area contributed by atoms with E-state index in [1.807, 2.05) is 0 Å². The minimum atomic E-state index is -3.19. The van der Waals surface area contributed by atoms with E-state index >= 15 is 0 Å². The van der Waals surface area contributed by atoms with Crippen LogP contribution in [0, 0.1) is 5.92 Å². The standard InChI is InChI=1S/C10H17NO3S/c1-3-15(13,14)7-5-10(12)11-6-4-9(2)8-11/h5,7,9H,3-4,6,8H2,1-2H3/b7-5+. The van der Waals surface area contributed by atoms with Crippen molar-refractivity contribution < 1.29 is 13.2 Å². The molecule has 1 rings (SSSR count). The number of hydrogen-bond acceptors (Lipinski definition) is 3. The first-order valence-corrected chi connectivity index (χ1v) is 6.86. The van der Waals surface area contributed by atoms with E-state index in [0.29, 0.717) is 5.92 Å². The lowest BCUT2D eigenvalue weighted by atomic mass is 10.2. The third-order valence-electron chi connectivity index (χ3n) is 2.56. The third-order valence-corrected chi connectivity index (χ3v) is 3.91. The van der Waals surface area contributed by atoms with Gasteiger partial charge in [0, 0.05) is 24.6 Å². The lowest BCUT2D eigenvalue weighted by Gasteiger charge is -2.12. The van der Waals surface area contributed by atoms with Gasteiger partial charge >= 0.3 is 0 Å². The predicted octanol–water partition coefficient (Wildman–Crippen LogP) is 0.803. The molecule has 0 N–H and O–H groups in total. The molecule has 1 aliphatic rings. The van der Waals surface area contributed by atoms with Gasteiger partial charge in [-0.3, -0.25) is 4.79 Å². The maximum Gasteiger partial charge on any atom is 0.247 e. The van der Waals surface area contributed by atoms with E-state index in [0.717, 1.165) is 31.0 Å². The zero-order valence-corrected chi connectivity index (χ0v) is 9.96. The zero-order chi connectivity index (χ0) is 11.5. The van der Waals surface area contributed by atoms with Gasteiger partial charge < -0.3 is 4.90 Å². The van der Waals surface area contributed by atoms with Gasteiger partial charge in [-0.1, -0.05) is 13.8 Å². The van der Waals surface area contributed by atoms with Gasteiger partial charge in [-0.25, -0.2) is 8.42 Å². The fourth-order valence-electron chi connectivity index (χ4n) is 1.50. The molecule has 1 fully saturated rings. The average molecular weight is 231 g/mol. The molecule has 0 aromatic heterocycles. The number of sulfone groups is 1. The maximum atomic E-state index is 11.5. The Kier molecular flexibility index (Phi) is 3.90. The Morgan fingerprint density at radius 2 is 2.20 bits per heavy atom. The highest BCUT2D eigenvalue weighted by Crippen LogP contribution is 2.15. The number of likely N-dealkylation sites (tertiary alicyclic amines) is 1. The van der Waals surface area contributed by atoms with Crippen LogP contribution in [-0.4, -0.2) is 38.1 Å². The van der Waals surface area contributed by atoms with E-state index in [1.165, 1.54) is 0 Å². The Labute approximate surface area is 90.9 Å². The molecule has 1 aliphatic heterocycles. The van der Waals surface area contributed by atoms with Crippen LogP contribution >= 0.6 is 0 Å². The van der Waals surface area contributed by atoms with Crippen LogP contribution in [0.15, 0.2) is 11.5 Å². The summed E-state index contributed by atoms with van der Waals surface area (Å²) in [6.45, 7) is 5.10. The van der Waals surface area contributed by atoms with Crippen LogP contribution in [0.1, 0.15) is 20.3 Å². The SMILES string of the molecule is CCS(=O)(=O)/C=C/C(=O)N1CCC(C)C1. The number of nitrogens with zero attached hydrogens (tertiary/aromatic N) is 1. The molecule has 1 amide bonds. The molecule has 1 atom stereocenters. The third kappa shape index (κ3) is 3.66. The predicted molar refractivity (Wildman–Crippen MR) is 59.0 cm³/mol. The van der Waals surface area contributed by atoms with Gasteiger partial charge in [-0.2, -0.15) is 0 Å². The van der Waals surface area contributed by atoms with Gasteiger partial charge in [0.25, 0.3) is 0 Å². The minimum absolute atomic E-state index is 0.0349. The van der Waals surface area contributed by atoms with E-state index in [4.69, 9.17) is 0 Å². The van der Waals surface area contributed by atoms with E-state index < -0.39 is 9.84 Å². The molecular formula is C10H17NO3S. The lowest BCUT2D eigenvalue weighted by Crippen LogP contribution is -2.26. The minimum Gasteiger partial charge on any atom is -0.339 e. The molecule has 0 saturated carbocycles. The second-order valence-corrected chi connectivity index (χ2v) is 6.11. The molecule has 86 valence electrons. The lowest BCUT2D eigenvalue weighted by molar-refractivity contribution is -0.125. The van der Waals surface area contributed by atoms with Crippen LogP contribution in [0.4, 0.5) is 0 Å². The summed E-state index contributed by atoms with van der Waals surface area (Å²) in [6.07, 6.45) is 2.16. The Hall–Kier alpha value is -0.840. The number of rotatable bonds is 3. The number of carbonyl (C=O) groups is 1. The molecule has 15 heavy (non-hydrogen) atoms. The first kappa shape index (κ1) is 12.2. The summed E-state index contributed by atoms with van der Waals surface area (Å²) in [4.78, 5) is 13.2. The Morgan fingerprint density at radius 3 is 2.67 bits per heavy atom. The summed E-state index contributed by atoms with van der Waals surface area (Å²) in [7, 11) is -3.19. The highest BCUT2D eigenvalue weighted by atomic mass is 32.2. The highest BCUT2D eigenvalue weighted by Gasteiger charge is 2.21. The molecule has 1 unspecified atom stereocenters. The molecular weight excluding hydrogens is 214 g/mol. The van der Waals surface area contributed by atoms with E-state index in [2.05, 4.69) is 6.92 Å². The molecule has 0 radical (unpaired) electrons. The van der Waals surface area contributed by atoms with E-state index in [9.17, 15) is 13.2 Å². The largest absolute Gasteiger partial charge is 0.339 e. The van der Waals surface area contributed by atoms with Gasteiger partial charge in [0.05, 0.1) is 5.75 Å². The number of carbonyl (C=O) groups excluding carboxylic acids is 1. The van der Waals surface area contributed by atoms with Gasteiger partial charge in [-0.05, 0) is 12.3 Å². The van der Waals surface area contributed by atoms with Crippen LogP contribution in [0.5, 0.6) is 0 Å². The quantitative estimate of drug-likeness (QED) is 0.675. The van der Waals surface area contributed by atoms with Crippen LogP contribution < -0.4 is 0 Å². The van der Waals surface area contributed by atoms with Gasteiger partial charge in [0.2, 0.25) is 5.91 Å². The van der Waals surface area contributed by atoms with Gasteiger partial charge in [0.15, 0.2) is 9.84 Å². The van der Waals surface area contributed by atoms with Crippen molar-refractivity contribution in [2.24, 2.45) is 5.92 Å². The molecule has 0 aromatic carbocycles. The Balaban J connectivity index is 2.56. The Bertz CT molecular complexity index is 359. The second-order valence-electron chi connectivity index (χ2n) is 3.93. The zero-order valence-electron chi connectivity index (χ0n) is 9.14. The molecule has 4 nitrogen and oxygen atoms in total. The van der Waals surface area contributed by atoms with Crippen LogP contribution in [-0.2, 0) is 14.6 Å². The molecule has 0 spiro atoms. The summed E-state index contributed by atoms with van der Waals surface area (Å²) in [6, 6.07) is 0. The van der Waals surface area contributed by atoms with Crippen molar-refractivity contribution in [3.8, 4) is 0 Å². The first-order valence-electron chi connectivity index (χ1n) is 5.14. The van der Waals surface area contributed by atoms with Crippen LogP contribution in [0.2, 0.25) is 0 Å². The molecule has 1 heterocycles. The fraction of sp³-hybridized carbons (Fsp3) is 0.700. The Morgan fingerprint density at radius 1 is 1.53 bits per heavy atom. The summed E-state index contributed by atoms with van der Waals surface area (Å²) in [5, 5.41) is 1.01. The molecule has 0 aromatic rings. The van der Waals surface area contributed by atoms with Gasteiger partial charge in [-0.15, -0.1) is 0 Å². The van der Waals surface area contributed by atoms with Gasteiger partial charge in [0.1, 0.15) is 0 Å². The van der Waals surface area contributed by atoms with Crippen LogP contribution in [0.25, 0.3) is 0 Å². The molecule has 0 bridgehead atoms. The summed E-state index contributed by atoms with van der Waals surface area (Å²) in [5.74, 6) is 0.356. The summed E-state index contributed by atoms with van der Waals surface area (Å²) in [5.41, 5.74) is 0. The van der Waals surface area contributed by atoms with Crippen molar-refractivity contribution >= 4 is 15.7 Å². The number of amides is 1. The van der Waals surface area contributed by atoms with Crippen molar-refractivity contribution in [3.05, 3.63) is 11.5 Å². The molecule has 0 aliphatic carbocycles.